The molecule has 5 aromatic rings. The molecular weight excluding hydrogens is 432 g/mol. The van der Waals surface area contributed by atoms with Gasteiger partial charge in [-0.2, -0.15) is 0 Å². The molecule has 35 heavy (non-hydrogen) atoms. The SMILES string of the molecule is C=C(c1ccn2c(C)c(-c3cc4ccccc4n3Cc3cccnc3)nc2c1)N1CCCC(N)C1. The lowest BCUT2D eigenvalue weighted by atomic mass is 10.0. The van der Waals surface area contributed by atoms with Crippen molar-refractivity contribution in [1.29, 1.82) is 0 Å². The zero-order valence-electron chi connectivity index (χ0n) is 20.1. The predicted molar refractivity (Wildman–Crippen MR) is 142 cm³/mol. The van der Waals surface area contributed by atoms with E-state index in [4.69, 9.17) is 10.7 Å². The quantitative estimate of drug-likeness (QED) is 0.395. The van der Waals surface area contributed by atoms with E-state index in [9.17, 15) is 0 Å². The van der Waals surface area contributed by atoms with E-state index in [1.807, 2.05) is 18.5 Å². The van der Waals surface area contributed by atoms with Crippen LogP contribution < -0.4 is 5.73 Å². The Balaban J connectivity index is 1.43. The maximum absolute atomic E-state index is 6.21. The second-order valence-corrected chi connectivity index (χ2v) is 9.52. The summed E-state index contributed by atoms with van der Waals surface area (Å²) in [6.07, 6.45) is 8.04. The average Bonchev–Trinajstić information content (AvgIpc) is 3.41. The van der Waals surface area contributed by atoms with Gasteiger partial charge in [-0.15, -0.1) is 0 Å². The molecule has 1 aliphatic heterocycles. The molecule has 1 aliphatic rings. The minimum atomic E-state index is 0.214. The fourth-order valence-electron chi connectivity index (χ4n) is 5.28. The molecule has 6 heteroatoms. The van der Waals surface area contributed by atoms with Crippen LogP contribution in [0.2, 0.25) is 0 Å². The molecule has 6 rings (SSSR count). The van der Waals surface area contributed by atoms with Gasteiger partial charge in [0.15, 0.2) is 0 Å². The third-order valence-electron chi connectivity index (χ3n) is 7.15. The molecule has 2 N–H and O–H groups in total. The molecule has 0 aliphatic carbocycles. The molecular formula is C29H30N6. The van der Waals surface area contributed by atoms with Crippen molar-refractivity contribution in [3.63, 3.8) is 0 Å². The largest absolute Gasteiger partial charge is 0.370 e. The Morgan fingerprint density at radius 2 is 2.03 bits per heavy atom. The monoisotopic (exact) mass is 462 g/mol. The molecule has 0 bridgehead atoms. The summed E-state index contributed by atoms with van der Waals surface area (Å²) in [6.45, 7) is 9.13. The molecule has 176 valence electrons. The third kappa shape index (κ3) is 3.90. The molecule has 0 saturated carbocycles. The van der Waals surface area contributed by atoms with E-state index in [-0.39, 0.29) is 6.04 Å². The summed E-state index contributed by atoms with van der Waals surface area (Å²) in [6, 6.07) is 19.4. The number of benzene rings is 1. The number of piperidine rings is 1. The third-order valence-corrected chi connectivity index (χ3v) is 7.15. The first-order chi connectivity index (χ1) is 17.1. The molecule has 1 fully saturated rings. The van der Waals surface area contributed by atoms with E-state index in [1.54, 1.807) is 0 Å². The number of aryl methyl sites for hydroxylation is 1. The Morgan fingerprint density at radius 1 is 1.14 bits per heavy atom. The van der Waals surface area contributed by atoms with Gasteiger partial charge in [0.1, 0.15) is 11.3 Å². The highest BCUT2D eigenvalue weighted by Crippen LogP contribution is 2.32. The number of nitrogens with two attached hydrogens (primary N) is 1. The van der Waals surface area contributed by atoms with E-state index in [1.165, 1.54) is 10.9 Å². The van der Waals surface area contributed by atoms with Crippen molar-refractivity contribution in [1.82, 2.24) is 23.8 Å². The molecule has 0 radical (unpaired) electrons. The first-order valence-corrected chi connectivity index (χ1v) is 12.2. The zero-order chi connectivity index (χ0) is 23.9. The van der Waals surface area contributed by atoms with Gasteiger partial charge in [-0.1, -0.05) is 30.8 Å². The summed E-state index contributed by atoms with van der Waals surface area (Å²) < 4.78 is 4.51. The highest BCUT2D eigenvalue weighted by molar-refractivity contribution is 5.87. The summed E-state index contributed by atoms with van der Waals surface area (Å²) in [5, 5.41) is 1.21. The number of aromatic nitrogens is 4. The number of hydrogen-bond donors (Lipinski definition) is 1. The van der Waals surface area contributed by atoms with Gasteiger partial charge >= 0.3 is 0 Å². The molecule has 1 saturated heterocycles. The van der Waals surface area contributed by atoms with Crippen LogP contribution in [0.1, 0.15) is 29.7 Å². The van der Waals surface area contributed by atoms with Crippen molar-refractivity contribution in [2.75, 3.05) is 13.1 Å². The van der Waals surface area contributed by atoms with Gasteiger partial charge < -0.3 is 19.6 Å². The van der Waals surface area contributed by atoms with Crippen molar-refractivity contribution < 1.29 is 0 Å². The normalized spacial score (nSPS) is 16.3. The minimum absolute atomic E-state index is 0.214. The van der Waals surface area contributed by atoms with Gasteiger partial charge in [0, 0.05) is 72.1 Å². The fraction of sp³-hybridized carbons (Fsp3) is 0.241. The van der Waals surface area contributed by atoms with E-state index >= 15 is 0 Å². The molecule has 0 amide bonds. The lowest BCUT2D eigenvalue weighted by Gasteiger charge is -2.34. The van der Waals surface area contributed by atoms with Crippen molar-refractivity contribution >= 4 is 22.2 Å². The Labute approximate surface area is 205 Å². The Kier molecular flexibility index (Phi) is 5.38. The minimum Gasteiger partial charge on any atom is -0.370 e. The summed E-state index contributed by atoms with van der Waals surface area (Å²) in [4.78, 5) is 11.7. The number of pyridine rings is 2. The standard InChI is InChI=1S/C29H30N6/c1-20(33-13-6-9-25(30)19-33)23-11-14-34-21(2)29(32-28(34)16-23)27-15-24-8-3-4-10-26(24)35(27)18-22-7-5-12-31-17-22/h3-5,7-8,10-12,14-17,25H,1,6,9,13,18-19,30H2,2H3. The van der Waals surface area contributed by atoms with E-state index in [0.717, 1.165) is 72.0 Å². The van der Waals surface area contributed by atoms with Crippen molar-refractivity contribution in [2.24, 2.45) is 5.73 Å². The first-order valence-electron chi connectivity index (χ1n) is 12.2. The molecule has 1 unspecified atom stereocenters. The van der Waals surface area contributed by atoms with Gasteiger partial charge in [0.25, 0.3) is 0 Å². The second-order valence-electron chi connectivity index (χ2n) is 9.52. The van der Waals surface area contributed by atoms with Crippen LogP contribution in [0, 0.1) is 6.92 Å². The average molecular weight is 463 g/mol. The van der Waals surface area contributed by atoms with Crippen molar-refractivity contribution in [3.8, 4) is 11.4 Å². The second kappa shape index (κ2) is 8.71. The molecule has 5 heterocycles. The molecule has 1 atom stereocenters. The van der Waals surface area contributed by atoms with Gasteiger partial charge in [0.2, 0.25) is 0 Å². The Bertz CT molecular complexity index is 1530. The van der Waals surface area contributed by atoms with E-state index in [0.29, 0.717) is 0 Å². The lowest BCUT2D eigenvalue weighted by molar-refractivity contribution is 0.296. The summed E-state index contributed by atoms with van der Waals surface area (Å²) in [5.41, 5.74) is 14.8. The number of rotatable bonds is 5. The van der Waals surface area contributed by atoms with Gasteiger partial charge in [0.05, 0.1) is 5.69 Å². The van der Waals surface area contributed by atoms with Crippen LogP contribution in [0.3, 0.4) is 0 Å². The number of nitrogens with zero attached hydrogens (tertiary/aromatic N) is 5. The van der Waals surface area contributed by atoms with E-state index in [2.05, 4.69) is 87.1 Å². The van der Waals surface area contributed by atoms with Crippen LogP contribution in [0.15, 0.2) is 79.8 Å². The number of fused-ring (bicyclic) bond motifs is 2. The van der Waals surface area contributed by atoms with Gasteiger partial charge in [-0.3, -0.25) is 4.98 Å². The van der Waals surface area contributed by atoms with Gasteiger partial charge in [-0.05, 0) is 55.7 Å². The van der Waals surface area contributed by atoms with Crippen LogP contribution in [0.4, 0.5) is 0 Å². The smallest absolute Gasteiger partial charge is 0.138 e. The number of likely N-dealkylation sites (tertiary alicyclic amines) is 1. The number of para-hydroxylation sites is 1. The Morgan fingerprint density at radius 3 is 2.86 bits per heavy atom. The number of imidazole rings is 1. The predicted octanol–water partition coefficient (Wildman–Crippen LogP) is 5.10. The molecule has 4 aromatic heterocycles. The summed E-state index contributed by atoms with van der Waals surface area (Å²) in [5.74, 6) is 0. The van der Waals surface area contributed by atoms with Crippen LogP contribution >= 0.6 is 0 Å². The van der Waals surface area contributed by atoms with Crippen LogP contribution in [0.25, 0.3) is 33.6 Å². The van der Waals surface area contributed by atoms with Crippen molar-refractivity contribution in [2.45, 2.75) is 32.4 Å². The maximum Gasteiger partial charge on any atom is 0.138 e. The number of hydrogen-bond acceptors (Lipinski definition) is 4. The first kappa shape index (κ1) is 21.6. The fourth-order valence-corrected chi connectivity index (χ4v) is 5.28. The van der Waals surface area contributed by atoms with Crippen LogP contribution in [-0.4, -0.2) is 43.0 Å². The topological polar surface area (TPSA) is 64.4 Å². The van der Waals surface area contributed by atoms with E-state index < -0.39 is 0 Å². The van der Waals surface area contributed by atoms with Crippen LogP contribution in [-0.2, 0) is 6.54 Å². The Hall–Kier alpha value is -3.90. The summed E-state index contributed by atoms with van der Waals surface area (Å²) >= 11 is 0. The highest BCUT2D eigenvalue weighted by Gasteiger charge is 2.21. The zero-order valence-corrected chi connectivity index (χ0v) is 20.1. The lowest BCUT2D eigenvalue weighted by Crippen LogP contribution is -2.41. The summed E-state index contributed by atoms with van der Waals surface area (Å²) in [7, 11) is 0. The van der Waals surface area contributed by atoms with Crippen molar-refractivity contribution in [3.05, 3.63) is 96.6 Å². The highest BCUT2D eigenvalue weighted by atomic mass is 15.2. The molecule has 1 aromatic carbocycles. The molecule has 6 nitrogen and oxygen atoms in total. The molecule has 0 spiro atoms. The maximum atomic E-state index is 6.21. The van der Waals surface area contributed by atoms with Crippen LogP contribution in [0.5, 0.6) is 0 Å². The van der Waals surface area contributed by atoms with Gasteiger partial charge in [-0.25, -0.2) is 4.98 Å².